The van der Waals surface area contributed by atoms with Crippen molar-refractivity contribution in [3.8, 4) is 10.6 Å². The molecule has 1 saturated heterocycles. The molecule has 1 aliphatic heterocycles. The molecule has 3 aromatic rings. The number of hydrogen-bond donors (Lipinski definition) is 1. The van der Waals surface area contributed by atoms with E-state index in [1.807, 2.05) is 36.4 Å². The molecule has 4 rings (SSSR count). The molecule has 0 bridgehead atoms. The number of aromatic nitrogens is 1. The molecule has 1 aliphatic rings. The zero-order chi connectivity index (χ0) is 21.1. The third kappa shape index (κ3) is 4.09. The van der Waals surface area contributed by atoms with Crippen molar-refractivity contribution in [2.75, 3.05) is 38.1 Å². The Morgan fingerprint density at radius 3 is 2.37 bits per heavy atom. The summed E-state index contributed by atoms with van der Waals surface area (Å²) in [4.78, 5) is 18.9. The Kier molecular flexibility index (Phi) is 5.85. The van der Waals surface area contributed by atoms with E-state index in [-0.39, 0.29) is 5.91 Å². The fourth-order valence-electron chi connectivity index (χ4n) is 3.39. The molecule has 3 heterocycles. The van der Waals surface area contributed by atoms with Crippen LogP contribution in [0.25, 0.3) is 10.6 Å². The van der Waals surface area contributed by atoms with Crippen LogP contribution in [0, 0.1) is 0 Å². The van der Waals surface area contributed by atoms with Gasteiger partial charge in [-0.25, -0.2) is 8.42 Å². The summed E-state index contributed by atoms with van der Waals surface area (Å²) in [5, 5.41) is 2.60. The second kappa shape index (κ2) is 8.55. The van der Waals surface area contributed by atoms with Crippen LogP contribution in [-0.2, 0) is 10.0 Å². The molecule has 0 unspecified atom stereocenters. The molecule has 1 N–H and O–H groups in total. The Morgan fingerprint density at radius 1 is 1.00 bits per heavy atom. The van der Waals surface area contributed by atoms with Crippen LogP contribution in [0.15, 0.2) is 65.0 Å². The first-order chi connectivity index (χ1) is 14.5. The van der Waals surface area contributed by atoms with Crippen molar-refractivity contribution in [3.05, 3.63) is 66.4 Å². The molecule has 0 spiro atoms. The van der Waals surface area contributed by atoms with Gasteiger partial charge in [0.05, 0.1) is 10.6 Å². The van der Waals surface area contributed by atoms with E-state index in [0.29, 0.717) is 36.0 Å². The SMILES string of the molecule is CNC(=O)c1ccc(N2CCN(S(=O)(=O)c3ccc(-c4ccccn4)s3)CC2)cc1. The Morgan fingerprint density at radius 2 is 1.73 bits per heavy atom. The van der Waals surface area contributed by atoms with Crippen molar-refractivity contribution in [3.63, 3.8) is 0 Å². The van der Waals surface area contributed by atoms with E-state index in [9.17, 15) is 13.2 Å². The maximum absolute atomic E-state index is 13.1. The van der Waals surface area contributed by atoms with Crippen LogP contribution in [-0.4, -0.2) is 56.8 Å². The number of nitrogens with zero attached hydrogens (tertiary/aromatic N) is 3. The molecule has 1 fully saturated rings. The van der Waals surface area contributed by atoms with Gasteiger partial charge in [-0.3, -0.25) is 9.78 Å². The van der Waals surface area contributed by atoms with E-state index in [1.54, 1.807) is 31.4 Å². The smallest absolute Gasteiger partial charge is 0.252 e. The summed E-state index contributed by atoms with van der Waals surface area (Å²) in [5.41, 5.74) is 2.35. The summed E-state index contributed by atoms with van der Waals surface area (Å²) in [5.74, 6) is -0.126. The van der Waals surface area contributed by atoms with Crippen molar-refractivity contribution in [2.45, 2.75) is 4.21 Å². The van der Waals surface area contributed by atoms with Crippen molar-refractivity contribution >= 4 is 33.0 Å². The van der Waals surface area contributed by atoms with Gasteiger partial charge in [-0.1, -0.05) is 6.07 Å². The van der Waals surface area contributed by atoms with Crippen LogP contribution in [0.5, 0.6) is 0 Å². The minimum Gasteiger partial charge on any atom is -0.369 e. The molecular formula is C21H22N4O3S2. The molecule has 0 saturated carbocycles. The van der Waals surface area contributed by atoms with Crippen molar-refractivity contribution in [2.24, 2.45) is 0 Å². The van der Waals surface area contributed by atoms with Gasteiger partial charge in [0.15, 0.2) is 0 Å². The number of thiophene rings is 1. The zero-order valence-electron chi connectivity index (χ0n) is 16.5. The molecule has 0 atom stereocenters. The van der Waals surface area contributed by atoms with Gasteiger partial charge in [0.25, 0.3) is 15.9 Å². The Hall–Kier alpha value is -2.75. The number of rotatable bonds is 5. The maximum atomic E-state index is 13.1. The molecule has 1 amide bonds. The van der Waals surface area contributed by atoms with Crippen molar-refractivity contribution < 1.29 is 13.2 Å². The highest BCUT2D eigenvalue weighted by Crippen LogP contribution is 2.31. The number of carbonyl (C=O) groups is 1. The quantitative estimate of drug-likeness (QED) is 0.657. The number of anilines is 1. The summed E-state index contributed by atoms with van der Waals surface area (Å²) in [7, 11) is -1.93. The summed E-state index contributed by atoms with van der Waals surface area (Å²) < 4.78 is 28.0. The van der Waals surface area contributed by atoms with E-state index in [2.05, 4.69) is 15.2 Å². The first kappa shape index (κ1) is 20.5. The van der Waals surface area contributed by atoms with Gasteiger partial charge in [-0.15, -0.1) is 11.3 Å². The molecule has 156 valence electrons. The van der Waals surface area contributed by atoms with Crippen LogP contribution >= 0.6 is 11.3 Å². The van der Waals surface area contributed by atoms with Gasteiger partial charge in [0.2, 0.25) is 0 Å². The van der Waals surface area contributed by atoms with Crippen molar-refractivity contribution in [1.82, 2.24) is 14.6 Å². The molecule has 2 aromatic heterocycles. The topological polar surface area (TPSA) is 82.6 Å². The number of amides is 1. The van der Waals surface area contributed by atoms with E-state index >= 15 is 0 Å². The third-order valence-corrected chi connectivity index (χ3v) is 8.53. The number of sulfonamides is 1. The van der Waals surface area contributed by atoms with E-state index in [1.165, 1.54) is 15.6 Å². The number of benzene rings is 1. The number of hydrogen-bond acceptors (Lipinski definition) is 6. The highest BCUT2D eigenvalue weighted by Gasteiger charge is 2.30. The summed E-state index contributed by atoms with van der Waals surface area (Å²) >= 11 is 1.25. The first-order valence-electron chi connectivity index (χ1n) is 9.57. The standard InChI is InChI=1S/C21H22N4O3S2/c1-22-21(26)16-5-7-17(8-6-16)24-12-14-25(15-13-24)30(27,28)20-10-9-19(29-20)18-4-2-3-11-23-18/h2-11H,12-15H2,1H3,(H,22,26). The average Bonchev–Trinajstić information content (AvgIpc) is 3.31. The first-order valence-corrected chi connectivity index (χ1v) is 11.8. The predicted octanol–water partition coefficient (Wildman–Crippen LogP) is 2.68. The van der Waals surface area contributed by atoms with Crippen LogP contribution in [0.4, 0.5) is 5.69 Å². The maximum Gasteiger partial charge on any atom is 0.252 e. The fraction of sp³-hybridized carbons (Fsp3) is 0.238. The molecule has 0 aliphatic carbocycles. The third-order valence-electron chi connectivity index (χ3n) is 5.05. The number of piperazine rings is 1. The number of pyridine rings is 1. The Bertz CT molecular complexity index is 1120. The summed E-state index contributed by atoms with van der Waals surface area (Å²) in [6, 6.07) is 16.4. The van der Waals surface area contributed by atoms with E-state index in [0.717, 1.165) is 16.3 Å². The fourth-order valence-corrected chi connectivity index (χ4v) is 6.25. The Labute approximate surface area is 180 Å². The lowest BCUT2D eigenvalue weighted by atomic mass is 10.1. The molecule has 9 heteroatoms. The Balaban J connectivity index is 1.43. The lowest BCUT2D eigenvalue weighted by Crippen LogP contribution is -2.48. The van der Waals surface area contributed by atoms with Crippen molar-refractivity contribution in [1.29, 1.82) is 0 Å². The zero-order valence-corrected chi connectivity index (χ0v) is 18.1. The second-order valence-corrected chi connectivity index (χ2v) is 10.1. The van der Waals surface area contributed by atoms with Gasteiger partial charge < -0.3 is 10.2 Å². The van der Waals surface area contributed by atoms with E-state index < -0.39 is 10.0 Å². The minimum atomic E-state index is -3.53. The van der Waals surface area contributed by atoms with Gasteiger partial charge in [0, 0.05) is 50.7 Å². The largest absolute Gasteiger partial charge is 0.369 e. The highest BCUT2D eigenvalue weighted by molar-refractivity contribution is 7.91. The average molecular weight is 443 g/mol. The number of nitrogens with one attached hydrogen (secondary N) is 1. The van der Waals surface area contributed by atoms with Crippen LogP contribution in [0.2, 0.25) is 0 Å². The van der Waals surface area contributed by atoms with Crippen LogP contribution in [0.1, 0.15) is 10.4 Å². The molecule has 7 nitrogen and oxygen atoms in total. The van der Waals surface area contributed by atoms with Gasteiger partial charge in [-0.2, -0.15) is 4.31 Å². The molecule has 1 aromatic carbocycles. The predicted molar refractivity (Wildman–Crippen MR) is 118 cm³/mol. The monoisotopic (exact) mass is 442 g/mol. The van der Waals surface area contributed by atoms with Crippen LogP contribution in [0.3, 0.4) is 0 Å². The molecular weight excluding hydrogens is 420 g/mol. The molecule has 0 radical (unpaired) electrons. The summed E-state index contributed by atoms with van der Waals surface area (Å²) in [6.45, 7) is 2.01. The lowest BCUT2D eigenvalue weighted by Gasteiger charge is -2.35. The second-order valence-electron chi connectivity index (χ2n) is 6.85. The van der Waals surface area contributed by atoms with Gasteiger partial charge >= 0.3 is 0 Å². The molecule has 30 heavy (non-hydrogen) atoms. The number of carbonyl (C=O) groups excluding carboxylic acids is 1. The highest BCUT2D eigenvalue weighted by atomic mass is 32.2. The normalized spacial score (nSPS) is 15.2. The van der Waals surface area contributed by atoms with Crippen LogP contribution < -0.4 is 10.2 Å². The van der Waals surface area contributed by atoms with E-state index in [4.69, 9.17) is 0 Å². The lowest BCUT2D eigenvalue weighted by molar-refractivity contribution is 0.0963. The summed E-state index contributed by atoms with van der Waals surface area (Å²) in [6.07, 6.45) is 1.70. The van der Waals surface area contributed by atoms with Gasteiger partial charge in [-0.05, 0) is 48.5 Å². The minimum absolute atomic E-state index is 0.126. The van der Waals surface area contributed by atoms with Gasteiger partial charge in [0.1, 0.15) is 4.21 Å².